The Morgan fingerprint density at radius 1 is 0.738 bits per heavy atom. The Labute approximate surface area is 501 Å². The molecule has 0 aliphatic carbocycles. The van der Waals surface area contributed by atoms with E-state index in [0.717, 1.165) is 72.3 Å². The van der Waals surface area contributed by atoms with Crippen molar-refractivity contribution in [3.05, 3.63) is 59.3 Å². The van der Waals surface area contributed by atoms with E-state index in [4.69, 9.17) is 21.6 Å². The Hall–Kier alpha value is -6.35. The maximum absolute atomic E-state index is 13.4. The van der Waals surface area contributed by atoms with Crippen LogP contribution in [0.5, 0.6) is 11.8 Å². The van der Waals surface area contributed by atoms with Gasteiger partial charge in [0.2, 0.25) is 11.8 Å². The number of aliphatic carboxylic acids is 3. The standard InChI is InChI=1S/C34H64N6O7.C25H26ClN5O3.C2H3N/c1-5-27-20-38(24-32(42)43)29(7-3)22-40(26-34(46)47)30(8-4)21-39(25-33(44)45)28(6-2)19-37(27)23-31(41)35-15-11-9-10-12-16-36-17-13-14-18-36;1-3-22(33)29-9-11-30(12-10-29)24-18-7-8-31(15-20(18)27-25(28-24)34-2)21-14-17(32)13-16-5-4-6-19(26)23(16)21;1-2-3/h27-30H,5-26H2,1-4H3,(H,35,41)(H,42,43)(H,44,45)(H,46,47);3-6,13-14,32H,1,7-12,15H2,2H3;1H3. The third-order valence-electron chi connectivity index (χ3n) is 16.5. The van der Waals surface area contributed by atoms with Crippen LogP contribution in [0.2, 0.25) is 5.02 Å². The van der Waals surface area contributed by atoms with Gasteiger partial charge in [-0.25, -0.2) is 0 Å². The van der Waals surface area contributed by atoms with E-state index < -0.39 is 17.9 Å². The maximum atomic E-state index is 13.4. The number of methoxy groups -OCH3 is 1. The predicted octanol–water partition coefficient (Wildman–Crippen LogP) is 6.27. The number of halogens is 1. The van der Waals surface area contributed by atoms with Crippen LogP contribution in [0.3, 0.4) is 0 Å². The van der Waals surface area contributed by atoms with E-state index in [1.165, 1.54) is 45.4 Å². The summed E-state index contributed by atoms with van der Waals surface area (Å²) in [6.07, 6.45) is 11.6. The molecule has 0 saturated carbocycles. The molecule has 1 aromatic heterocycles. The first-order valence-electron chi connectivity index (χ1n) is 30.1. The molecule has 3 fully saturated rings. The van der Waals surface area contributed by atoms with Crippen LogP contribution in [0.15, 0.2) is 43.0 Å². The van der Waals surface area contributed by atoms with Crippen LogP contribution in [-0.4, -0.2) is 232 Å². The first-order valence-corrected chi connectivity index (χ1v) is 30.5. The number of nitrogens with zero attached hydrogens (tertiary/aromatic N) is 11. The number of phenols is 1. The van der Waals surface area contributed by atoms with E-state index in [-0.39, 0.29) is 67.9 Å². The predicted molar refractivity (Wildman–Crippen MR) is 327 cm³/mol. The first-order chi connectivity index (χ1) is 40.4. The van der Waals surface area contributed by atoms with Gasteiger partial charge in [0.1, 0.15) is 11.6 Å². The van der Waals surface area contributed by atoms with Crippen LogP contribution in [0.4, 0.5) is 11.5 Å². The largest absolute Gasteiger partial charge is 0.508 e. The minimum absolute atomic E-state index is 0.0467. The number of likely N-dealkylation sites (tertiary alicyclic amines) is 1. The summed E-state index contributed by atoms with van der Waals surface area (Å²) in [6, 6.07) is 10.4. The second kappa shape index (κ2) is 35.2. The minimum Gasteiger partial charge on any atom is -0.508 e. The quantitative estimate of drug-likeness (QED) is 0.0517. The number of aromatic hydroxyl groups is 1. The summed E-state index contributed by atoms with van der Waals surface area (Å²) in [5.41, 5.74) is 2.86. The molecular formula is C61H93ClN12O10. The van der Waals surface area contributed by atoms with Crippen molar-refractivity contribution in [1.82, 2.24) is 44.7 Å². The lowest BCUT2D eigenvalue weighted by atomic mass is 10.0. The number of nitriles is 1. The fourth-order valence-corrected chi connectivity index (χ4v) is 12.4. The number of carboxylic acid groups (broad SMARTS) is 3. The zero-order chi connectivity index (χ0) is 61.3. The van der Waals surface area contributed by atoms with Gasteiger partial charge in [0.25, 0.3) is 0 Å². The summed E-state index contributed by atoms with van der Waals surface area (Å²) >= 11 is 6.56. The van der Waals surface area contributed by atoms with Crippen LogP contribution in [0.1, 0.15) is 110 Å². The molecule has 22 nitrogen and oxygen atoms in total. The van der Waals surface area contributed by atoms with Crippen molar-refractivity contribution in [2.75, 3.05) is 128 Å². The molecule has 4 aliphatic heterocycles. The van der Waals surface area contributed by atoms with Gasteiger partial charge >= 0.3 is 23.9 Å². The number of hydrogen-bond acceptors (Lipinski definition) is 17. The van der Waals surface area contributed by atoms with Crippen molar-refractivity contribution in [3.8, 4) is 17.8 Å². The van der Waals surface area contributed by atoms with E-state index in [9.17, 15) is 44.4 Å². The highest BCUT2D eigenvalue weighted by atomic mass is 35.5. The number of carboxylic acids is 3. The molecule has 5 N–H and O–H groups in total. The van der Waals surface area contributed by atoms with E-state index in [2.05, 4.69) is 41.5 Å². The molecule has 0 bridgehead atoms. The summed E-state index contributed by atoms with van der Waals surface area (Å²) in [5, 5.41) is 52.8. The molecule has 0 radical (unpaired) electrons. The normalized spacial score (nSPS) is 20.4. The number of amides is 2. The highest BCUT2D eigenvalue weighted by molar-refractivity contribution is 6.36. The van der Waals surface area contributed by atoms with Gasteiger partial charge < -0.3 is 50.1 Å². The van der Waals surface area contributed by atoms with Crippen molar-refractivity contribution in [1.29, 1.82) is 5.26 Å². The number of anilines is 2. The molecular weight excluding hydrogens is 1100 g/mol. The Kier molecular flexibility index (Phi) is 28.7. The average Bonchev–Trinajstić information content (AvgIpc) is 1.86. The number of carbonyl (C=O) groups excluding carboxylic acids is 2. The Bertz CT molecular complexity index is 2650. The monoisotopic (exact) mass is 1190 g/mol. The zero-order valence-corrected chi connectivity index (χ0v) is 51.3. The summed E-state index contributed by atoms with van der Waals surface area (Å²) in [7, 11) is 1.56. The van der Waals surface area contributed by atoms with Crippen LogP contribution >= 0.6 is 11.6 Å². The lowest BCUT2D eigenvalue weighted by Crippen LogP contribution is -2.60. The second-order valence-corrected chi connectivity index (χ2v) is 22.5. The fourth-order valence-electron chi connectivity index (χ4n) is 12.1. The van der Waals surface area contributed by atoms with E-state index in [1.807, 2.05) is 60.6 Å². The van der Waals surface area contributed by atoms with Crippen molar-refractivity contribution in [3.63, 3.8) is 0 Å². The molecule has 4 atom stereocenters. The maximum Gasteiger partial charge on any atom is 0.318 e. The lowest BCUT2D eigenvalue weighted by Gasteiger charge is -2.45. The highest BCUT2D eigenvalue weighted by Crippen LogP contribution is 2.39. The van der Waals surface area contributed by atoms with Gasteiger partial charge in [-0.15, -0.1) is 0 Å². The smallest absolute Gasteiger partial charge is 0.318 e. The SMILES string of the molecule is C=CC(=O)N1CCN(c2nc(OC)nc3c2CCN(c2cc(O)cc4cccc(Cl)c24)C3)CC1.CC#N.CCC1CN(CC(=O)O)C(CC)CN(CC(=O)NCCCCCCN2CCCC2)C(CC)CN(CC(=O)O)C(CC)CN1CC(=O)O. The Morgan fingerprint density at radius 3 is 1.76 bits per heavy atom. The first kappa shape index (κ1) is 68.4. The van der Waals surface area contributed by atoms with E-state index >= 15 is 0 Å². The van der Waals surface area contributed by atoms with Crippen LogP contribution < -0.4 is 19.9 Å². The number of benzene rings is 2. The molecule has 4 aliphatic rings. The highest BCUT2D eigenvalue weighted by Gasteiger charge is 2.36. The molecule has 2 amide bonds. The molecule has 0 spiro atoms. The molecule has 5 heterocycles. The van der Waals surface area contributed by atoms with E-state index in [1.54, 1.807) is 30.2 Å². The summed E-state index contributed by atoms with van der Waals surface area (Å²) in [4.78, 5) is 87.4. The van der Waals surface area contributed by atoms with Crippen molar-refractivity contribution in [2.45, 2.75) is 136 Å². The van der Waals surface area contributed by atoms with Crippen molar-refractivity contribution < 1.29 is 49.1 Å². The average molecular weight is 1190 g/mol. The van der Waals surface area contributed by atoms with Gasteiger partial charge in [0.15, 0.2) is 0 Å². The summed E-state index contributed by atoms with van der Waals surface area (Å²) in [6.45, 7) is 22.2. The number of phenolic OH excluding ortho intramolecular Hbond substituents is 1. The van der Waals surface area contributed by atoms with Gasteiger partial charge in [-0.2, -0.15) is 15.2 Å². The molecule has 23 heteroatoms. The molecule has 84 heavy (non-hydrogen) atoms. The number of unbranched alkanes of at least 4 members (excludes halogenated alkanes) is 3. The third-order valence-corrected chi connectivity index (χ3v) is 16.8. The number of aromatic nitrogens is 2. The number of rotatable bonds is 23. The number of nitrogens with one attached hydrogen (secondary N) is 1. The summed E-state index contributed by atoms with van der Waals surface area (Å²) in [5.74, 6) is -1.94. The molecule has 3 aromatic rings. The number of ether oxygens (including phenoxy) is 1. The molecule has 2 aromatic carbocycles. The Morgan fingerprint density at radius 2 is 1.26 bits per heavy atom. The Balaban J connectivity index is 0.000000305. The molecule has 464 valence electrons. The molecule has 7 rings (SSSR count). The summed E-state index contributed by atoms with van der Waals surface area (Å²) < 4.78 is 5.43. The number of piperazine rings is 1. The number of carbonyl (C=O) groups is 5. The fraction of sp³-hybridized carbons (Fsp3) is 0.639. The number of fused-ring (bicyclic) bond motifs is 2. The van der Waals surface area contributed by atoms with Crippen molar-refractivity contribution >= 4 is 63.6 Å². The second-order valence-electron chi connectivity index (χ2n) is 22.1. The zero-order valence-electron chi connectivity index (χ0n) is 50.5. The van der Waals surface area contributed by atoms with Crippen LogP contribution in [0.25, 0.3) is 10.8 Å². The van der Waals surface area contributed by atoms with Gasteiger partial charge in [0, 0.05) is 114 Å². The van der Waals surface area contributed by atoms with Crippen LogP contribution in [0, 0.1) is 11.3 Å². The van der Waals surface area contributed by atoms with E-state index in [0.29, 0.717) is 102 Å². The van der Waals surface area contributed by atoms with Gasteiger partial charge in [-0.05, 0) is 101 Å². The molecule has 4 unspecified atom stereocenters. The lowest BCUT2D eigenvalue weighted by molar-refractivity contribution is -0.143. The van der Waals surface area contributed by atoms with Gasteiger partial charge in [-0.3, -0.25) is 43.6 Å². The van der Waals surface area contributed by atoms with Crippen LogP contribution in [-0.2, 0) is 36.9 Å². The number of hydrogen-bond donors (Lipinski definition) is 5. The minimum atomic E-state index is -0.974. The molecule has 3 saturated heterocycles. The van der Waals surface area contributed by atoms with Gasteiger partial charge in [0.05, 0.1) is 62.3 Å². The van der Waals surface area contributed by atoms with Gasteiger partial charge in [-0.1, -0.05) is 70.8 Å². The third kappa shape index (κ3) is 20.4. The topological polar surface area (TPSA) is 263 Å². The van der Waals surface area contributed by atoms with Crippen molar-refractivity contribution in [2.24, 2.45) is 0 Å².